The van der Waals surface area contributed by atoms with Crippen molar-refractivity contribution in [2.45, 2.75) is 44.2 Å². The predicted molar refractivity (Wildman–Crippen MR) is 46.5 cm³/mol. The standard InChI is InChI=1S/C9H16N2O/c10-7-4-8(5-7)11-9(12)3-6-1-2-6/h6-8H,1-5,10H2,(H,11,12). The first kappa shape index (κ1) is 8.05. The minimum absolute atomic E-state index is 0.231. The van der Waals surface area contributed by atoms with Crippen LogP contribution in [0.4, 0.5) is 0 Å². The largest absolute Gasteiger partial charge is 0.353 e. The number of hydrogen-bond donors (Lipinski definition) is 2. The molecule has 0 unspecified atom stereocenters. The first-order chi connectivity index (χ1) is 5.74. The predicted octanol–water partition coefficient (Wildman–Crippen LogP) is 0.392. The zero-order valence-electron chi connectivity index (χ0n) is 7.25. The summed E-state index contributed by atoms with van der Waals surface area (Å²) in [6.45, 7) is 0. The molecule has 68 valence electrons. The lowest BCUT2D eigenvalue weighted by Gasteiger charge is -2.32. The molecule has 3 N–H and O–H groups in total. The third-order valence-electron chi connectivity index (χ3n) is 2.71. The maximum absolute atomic E-state index is 11.3. The molecular formula is C9H16N2O. The van der Waals surface area contributed by atoms with E-state index in [1.807, 2.05) is 0 Å². The lowest BCUT2D eigenvalue weighted by molar-refractivity contribution is -0.122. The summed E-state index contributed by atoms with van der Waals surface area (Å²) in [6.07, 6.45) is 5.17. The molecule has 3 nitrogen and oxygen atoms in total. The van der Waals surface area contributed by atoms with E-state index in [9.17, 15) is 4.79 Å². The van der Waals surface area contributed by atoms with E-state index in [1.165, 1.54) is 12.8 Å². The van der Waals surface area contributed by atoms with Crippen LogP contribution >= 0.6 is 0 Å². The maximum atomic E-state index is 11.3. The van der Waals surface area contributed by atoms with Gasteiger partial charge in [0.05, 0.1) is 0 Å². The Balaban J connectivity index is 1.62. The van der Waals surface area contributed by atoms with Crippen molar-refractivity contribution in [1.82, 2.24) is 5.32 Å². The van der Waals surface area contributed by atoms with Gasteiger partial charge >= 0.3 is 0 Å². The van der Waals surface area contributed by atoms with E-state index >= 15 is 0 Å². The van der Waals surface area contributed by atoms with Crippen LogP contribution in [0.5, 0.6) is 0 Å². The lowest BCUT2D eigenvalue weighted by atomic mass is 9.87. The van der Waals surface area contributed by atoms with Crippen molar-refractivity contribution >= 4 is 5.91 Å². The maximum Gasteiger partial charge on any atom is 0.220 e. The summed E-state index contributed by atoms with van der Waals surface area (Å²) >= 11 is 0. The van der Waals surface area contributed by atoms with Crippen LogP contribution in [-0.2, 0) is 4.79 Å². The molecule has 12 heavy (non-hydrogen) atoms. The van der Waals surface area contributed by atoms with Crippen molar-refractivity contribution in [3.8, 4) is 0 Å². The molecule has 3 heteroatoms. The first-order valence-corrected chi connectivity index (χ1v) is 4.79. The molecule has 0 spiro atoms. The van der Waals surface area contributed by atoms with Crippen LogP contribution in [-0.4, -0.2) is 18.0 Å². The number of carbonyl (C=O) groups is 1. The minimum atomic E-state index is 0.231. The molecule has 0 atom stereocenters. The molecule has 0 bridgehead atoms. The van der Waals surface area contributed by atoms with Gasteiger partial charge in [-0.05, 0) is 31.6 Å². The Kier molecular flexibility index (Phi) is 2.05. The molecule has 2 aliphatic rings. The highest BCUT2D eigenvalue weighted by atomic mass is 16.1. The van der Waals surface area contributed by atoms with Gasteiger partial charge in [-0.25, -0.2) is 0 Å². The third kappa shape index (κ3) is 1.97. The van der Waals surface area contributed by atoms with E-state index in [0.29, 0.717) is 18.0 Å². The first-order valence-electron chi connectivity index (χ1n) is 4.79. The summed E-state index contributed by atoms with van der Waals surface area (Å²) in [5.74, 6) is 0.924. The van der Waals surface area contributed by atoms with E-state index in [2.05, 4.69) is 5.32 Å². The van der Waals surface area contributed by atoms with Crippen LogP contribution in [0.15, 0.2) is 0 Å². The average molecular weight is 168 g/mol. The SMILES string of the molecule is NC1CC(NC(=O)CC2CC2)C1. The average Bonchev–Trinajstić information content (AvgIpc) is 2.68. The zero-order valence-corrected chi connectivity index (χ0v) is 7.25. The summed E-state index contributed by atoms with van der Waals surface area (Å²) in [5.41, 5.74) is 5.61. The number of amides is 1. The van der Waals surface area contributed by atoms with E-state index in [1.54, 1.807) is 0 Å². The van der Waals surface area contributed by atoms with Gasteiger partial charge in [0.2, 0.25) is 5.91 Å². The summed E-state index contributed by atoms with van der Waals surface area (Å²) in [7, 11) is 0. The molecular weight excluding hydrogens is 152 g/mol. The van der Waals surface area contributed by atoms with E-state index in [4.69, 9.17) is 5.73 Å². The Hall–Kier alpha value is -0.570. The molecule has 0 heterocycles. The quantitative estimate of drug-likeness (QED) is 0.640. The number of carbonyl (C=O) groups excluding carboxylic acids is 1. The number of hydrogen-bond acceptors (Lipinski definition) is 2. The highest BCUT2D eigenvalue weighted by Gasteiger charge is 2.29. The van der Waals surface area contributed by atoms with Crippen LogP contribution < -0.4 is 11.1 Å². The highest BCUT2D eigenvalue weighted by molar-refractivity contribution is 5.76. The van der Waals surface area contributed by atoms with Crippen LogP contribution in [0.25, 0.3) is 0 Å². The van der Waals surface area contributed by atoms with Gasteiger partial charge in [0.15, 0.2) is 0 Å². The fraction of sp³-hybridized carbons (Fsp3) is 0.889. The van der Waals surface area contributed by atoms with Gasteiger partial charge < -0.3 is 11.1 Å². The van der Waals surface area contributed by atoms with E-state index < -0.39 is 0 Å². The van der Waals surface area contributed by atoms with Gasteiger partial charge in [0, 0.05) is 18.5 Å². The van der Waals surface area contributed by atoms with Gasteiger partial charge in [-0.1, -0.05) is 0 Å². The second kappa shape index (κ2) is 3.05. The fourth-order valence-electron chi connectivity index (χ4n) is 1.65. The molecule has 2 fully saturated rings. The molecule has 0 aliphatic heterocycles. The Labute approximate surface area is 72.7 Å². The van der Waals surface area contributed by atoms with Crippen molar-refractivity contribution in [3.63, 3.8) is 0 Å². The number of rotatable bonds is 3. The van der Waals surface area contributed by atoms with E-state index in [-0.39, 0.29) is 5.91 Å². The Morgan fingerprint density at radius 3 is 2.58 bits per heavy atom. The molecule has 0 saturated heterocycles. The highest BCUT2D eigenvalue weighted by Crippen LogP contribution is 2.32. The number of nitrogens with one attached hydrogen (secondary N) is 1. The topological polar surface area (TPSA) is 55.1 Å². The van der Waals surface area contributed by atoms with Crippen molar-refractivity contribution in [2.24, 2.45) is 11.7 Å². The molecule has 0 aromatic rings. The smallest absolute Gasteiger partial charge is 0.220 e. The summed E-state index contributed by atoms with van der Waals surface area (Å²) < 4.78 is 0. The molecule has 0 aromatic heterocycles. The Morgan fingerprint density at radius 1 is 1.42 bits per heavy atom. The van der Waals surface area contributed by atoms with Gasteiger partial charge in [-0.3, -0.25) is 4.79 Å². The molecule has 0 aromatic carbocycles. The molecule has 2 aliphatic carbocycles. The molecule has 0 radical (unpaired) electrons. The third-order valence-corrected chi connectivity index (χ3v) is 2.71. The van der Waals surface area contributed by atoms with Crippen LogP contribution in [0, 0.1) is 5.92 Å². The number of nitrogens with two attached hydrogens (primary N) is 1. The normalized spacial score (nSPS) is 34.1. The summed E-state index contributed by atoms with van der Waals surface area (Å²) in [4.78, 5) is 11.3. The van der Waals surface area contributed by atoms with Gasteiger partial charge in [0.25, 0.3) is 0 Å². The van der Waals surface area contributed by atoms with Crippen LogP contribution in [0.3, 0.4) is 0 Å². The van der Waals surface area contributed by atoms with Gasteiger partial charge in [-0.2, -0.15) is 0 Å². The summed E-state index contributed by atoms with van der Waals surface area (Å²) in [5, 5.41) is 3.00. The second-order valence-electron chi connectivity index (χ2n) is 4.14. The van der Waals surface area contributed by atoms with Crippen molar-refractivity contribution < 1.29 is 4.79 Å². The molecule has 1 amide bonds. The van der Waals surface area contributed by atoms with Crippen molar-refractivity contribution in [1.29, 1.82) is 0 Å². The van der Waals surface area contributed by atoms with E-state index in [0.717, 1.165) is 19.3 Å². The minimum Gasteiger partial charge on any atom is -0.353 e. The van der Waals surface area contributed by atoms with Crippen molar-refractivity contribution in [3.05, 3.63) is 0 Å². The monoisotopic (exact) mass is 168 g/mol. The van der Waals surface area contributed by atoms with Gasteiger partial charge in [-0.15, -0.1) is 0 Å². The van der Waals surface area contributed by atoms with Crippen molar-refractivity contribution in [2.75, 3.05) is 0 Å². The molecule has 2 saturated carbocycles. The van der Waals surface area contributed by atoms with Crippen LogP contribution in [0.1, 0.15) is 32.1 Å². The van der Waals surface area contributed by atoms with Crippen LogP contribution in [0.2, 0.25) is 0 Å². The second-order valence-corrected chi connectivity index (χ2v) is 4.14. The Bertz CT molecular complexity index is 183. The zero-order chi connectivity index (χ0) is 8.55. The lowest BCUT2D eigenvalue weighted by Crippen LogP contribution is -2.50. The summed E-state index contributed by atoms with van der Waals surface area (Å²) in [6, 6.07) is 0.711. The Morgan fingerprint density at radius 2 is 2.08 bits per heavy atom. The van der Waals surface area contributed by atoms with Gasteiger partial charge in [0.1, 0.15) is 0 Å². The fourth-order valence-corrected chi connectivity index (χ4v) is 1.65. The molecule has 2 rings (SSSR count).